The Balaban J connectivity index is 0.887. The number of rotatable bonds is 22. The highest BCUT2D eigenvalue weighted by atomic mass is 35.5. The number of methoxy groups -OCH3 is 4. The van der Waals surface area contributed by atoms with Gasteiger partial charge in [0.05, 0.1) is 81.9 Å². The summed E-state index contributed by atoms with van der Waals surface area (Å²) < 4.78 is 35.6. The van der Waals surface area contributed by atoms with Crippen molar-refractivity contribution in [2.45, 2.75) is 76.3 Å². The zero-order valence-electron chi connectivity index (χ0n) is 38.5. The fourth-order valence-electron chi connectivity index (χ4n) is 9.67. The Labute approximate surface area is 390 Å². The highest BCUT2D eigenvalue weighted by Crippen LogP contribution is 2.42. The number of halogens is 2. The SMILES string of the molecule is COc1cc2c(cc1OC)[C@@H](Cc1ccc(Cl)cc1)C[N@@+](C)(CCCOC(=O)CC/C=C/CCC(=O)OCCC[N@+]1(C)Cc3cc(OC)c(OC)cc3[C@@H](Cc3ccc(Cl)cc3)C1)C2. The topological polar surface area (TPSA) is 89.5 Å². The summed E-state index contributed by atoms with van der Waals surface area (Å²) in [4.78, 5) is 25.2. The van der Waals surface area contributed by atoms with Crippen LogP contribution in [-0.4, -0.2) is 103 Å². The normalized spacial score (nSPS) is 20.2. The number of carbonyl (C=O) groups is 2. The van der Waals surface area contributed by atoms with Crippen LogP contribution in [0.25, 0.3) is 0 Å². The molecule has 12 heteroatoms. The van der Waals surface area contributed by atoms with Crippen molar-refractivity contribution in [3.05, 3.63) is 128 Å². The number of ether oxygens (including phenoxy) is 6. The molecule has 0 aromatic heterocycles. The molecular weight excluding hydrogens is 851 g/mol. The molecule has 344 valence electrons. The average Bonchev–Trinajstić information content (AvgIpc) is 3.28. The predicted octanol–water partition coefficient (Wildman–Crippen LogP) is 10.3. The van der Waals surface area contributed by atoms with E-state index in [0.717, 1.165) is 107 Å². The summed E-state index contributed by atoms with van der Waals surface area (Å²) >= 11 is 12.4. The molecule has 0 saturated carbocycles. The first-order valence-electron chi connectivity index (χ1n) is 22.4. The number of carbonyl (C=O) groups excluding carboxylic acids is 2. The van der Waals surface area contributed by atoms with Crippen LogP contribution in [0.2, 0.25) is 10.0 Å². The van der Waals surface area contributed by atoms with Crippen molar-refractivity contribution in [3.63, 3.8) is 0 Å². The maximum absolute atomic E-state index is 12.6. The quantitative estimate of drug-likeness (QED) is 0.0333. The smallest absolute Gasteiger partial charge is 0.306 e. The zero-order chi connectivity index (χ0) is 45.7. The average molecular weight is 918 g/mol. The van der Waals surface area contributed by atoms with Crippen molar-refractivity contribution in [1.29, 1.82) is 0 Å². The Kier molecular flexibility index (Phi) is 17.5. The number of nitrogens with zero attached hydrogens (tertiary/aromatic N) is 2. The van der Waals surface area contributed by atoms with Crippen LogP contribution in [0.15, 0.2) is 84.9 Å². The molecule has 64 heavy (non-hydrogen) atoms. The molecule has 0 N–H and O–H groups in total. The molecule has 0 saturated heterocycles. The number of hydrogen-bond donors (Lipinski definition) is 0. The minimum Gasteiger partial charge on any atom is -0.493 e. The summed E-state index contributed by atoms with van der Waals surface area (Å²) in [5.74, 6) is 3.07. The Morgan fingerprint density at radius 2 is 0.938 bits per heavy atom. The number of hydrogen-bond acceptors (Lipinski definition) is 8. The maximum Gasteiger partial charge on any atom is 0.306 e. The number of quaternary nitrogens is 2. The van der Waals surface area contributed by atoms with E-state index in [4.69, 9.17) is 51.6 Å². The molecule has 2 aliphatic heterocycles. The molecule has 10 nitrogen and oxygen atoms in total. The van der Waals surface area contributed by atoms with E-state index in [1.807, 2.05) is 36.4 Å². The van der Waals surface area contributed by atoms with Crippen molar-refractivity contribution in [2.75, 3.05) is 81.9 Å². The molecule has 0 spiro atoms. The fraction of sp³-hybridized carbons (Fsp3) is 0.462. The van der Waals surface area contributed by atoms with Crippen LogP contribution >= 0.6 is 23.2 Å². The number of likely N-dealkylation sites (N-methyl/N-ethyl adjacent to an activating group) is 2. The highest BCUT2D eigenvalue weighted by Gasteiger charge is 2.38. The molecule has 4 aromatic rings. The third kappa shape index (κ3) is 13.4. The lowest BCUT2D eigenvalue weighted by Gasteiger charge is -2.43. The van der Waals surface area contributed by atoms with Crippen LogP contribution in [0, 0.1) is 0 Å². The van der Waals surface area contributed by atoms with Gasteiger partial charge in [-0.3, -0.25) is 9.59 Å². The molecule has 0 aliphatic carbocycles. The maximum atomic E-state index is 12.6. The van der Waals surface area contributed by atoms with Crippen LogP contribution in [0.1, 0.15) is 83.7 Å². The van der Waals surface area contributed by atoms with Crippen LogP contribution in [0.3, 0.4) is 0 Å². The first-order valence-corrected chi connectivity index (χ1v) is 23.2. The second-order valence-electron chi connectivity index (χ2n) is 17.9. The Hall–Kier alpha value is -4.74. The second-order valence-corrected chi connectivity index (χ2v) is 18.8. The molecule has 0 radical (unpaired) electrons. The van der Waals surface area contributed by atoms with E-state index < -0.39 is 0 Å². The Morgan fingerprint density at radius 1 is 0.578 bits per heavy atom. The lowest BCUT2D eigenvalue weighted by atomic mass is 9.83. The van der Waals surface area contributed by atoms with Crippen LogP contribution in [0.4, 0.5) is 0 Å². The molecule has 6 rings (SSSR count). The van der Waals surface area contributed by atoms with E-state index in [-0.39, 0.29) is 23.8 Å². The van der Waals surface area contributed by atoms with Crippen LogP contribution in [0.5, 0.6) is 23.0 Å². The summed E-state index contributed by atoms with van der Waals surface area (Å²) in [5.41, 5.74) is 7.55. The Bertz CT molecular complexity index is 2060. The van der Waals surface area contributed by atoms with E-state index in [2.05, 4.69) is 62.6 Å². The van der Waals surface area contributed by atoms with Gasteiger partial charge in [-0.1, -0.05) is 59.6 Å². The Morgan fingerprint density at radius 3 is 1.30 bits per heavy atom. The molecule has 2 aliphatic rings. The standard InChI is InChI=1S/C52H66Cl2N2O8/c1-55(33-39(27-37-15-19-43(53)20-16-37)45-31-49(61-5)47(59-3)29-41(45)35-55)23-11-25-63-51(57)13-9-7-8-10-14-52(58)64-26-12-24-56(2)34-40(28-38-17-21-44(54)22-18-38)46-32-50(62-6)48(60-4)30-42(46)36-56/h7-8,15-22,29-32,39-40H,9-14,23-28,33-36H2,1-6H3/q+2/b8-7+/t39-,40-,55-,56+/m0/s1. The van der Waals surface area contributed by atoms with Gasteiger partial charge in [0.1, 0.15) is 13.1 Å². The van der Waals surface area contributed by atoms with Gasteiger partial charge in [0.2, 0.25) is 0 Å². The first-order chi connectivity index (χ1) is 30.8. The number of benzene rings is 4. The van der Waals surface area contributed by atoms with Gasteiger partial charge in [-0.05, 0) is 96.5 Å². The molecule has 4 atom stereocenters. The van der Waals surface area contributed by atoms with Crippen LogP contribution in [-0.2, 0) is 45.0 Å². The van der Waals surface area contributed by atoms with Crippen LogP contribution < -0.4 is 18.9 Å². The van der Waals surface area contributed by atoms with E-state index in [9.17, 15) is 9.59 Å². The largest absolute Gasteiger partial charge is 0.493 e. The monoisotopic (exact) mass is 916 g/mol. The summed E-state index contributed by atoms with van der Waals surface area (Å²) in [6, 6.07) is 24.7. The summed E-state index contributed by atoms with van der Waals surface area (Å²) in [5, 5.41) is 1.46. The van der Waals surface area contributed by atoms with Gasteiger partial charge in [0.15, 0.2) is 23.0 Å². The van der Waals surface area contributed by atoms with Gasteiger partial charge in [-0.15, -0.1) is 0 Å². The zero-order valence-corrected chi connectivity index (χ0v) is 40.0. The molecule has 0 unspecified atom stereocenters. The molecule has 0 bridgehead atoms. The molecule has 0 fully saturated rings. The summed E-state index contributed by atoms with van der Waals surface area (Å²) in [6.45, 7) is 6.11. The molecule has 2 heterocycles. The minimum absolute atomic E-state index is 0.211. The van der Waals surface area contributed by atoms with E-state index >= 15 is 0 Å². The van der Waals surface area contributed by atoms with Gasteiger partial charge in [0.25, 0.3) is 0 Å². The summed E-state index contributed by atoms with van der Waals surface area (Å²) in [7, 11) is 11.3. The predicted molar refractivity (Wildman–Crippen MR) is 253 cm³/mol. The molecular formula is C52H66Cl2N2O8+2. The van der Waals surface area contributed by atoms with Gasteiger partial charge >= 0.3 is 11.9 Å². The molecule has 4 aromatic carbocycles. The summed E-state index contributed by atoms with van der Waals surface area (Å²) in [6.07, 6.45) is 8.90. The number of esters is 2. The highest BCUT2D eigenvalue weighted by molar-refractivity contribution is 6.30. The lowest BCUT2D eigenvalue weighted by Crippen LogP contribution is -2.50. The van der Waals surface area contributed by atoms with Crippen molar-refractivity contribution >= 4 is 35.1 Å². The van der Waals surface area contributed by atoms with Crippen molar-refractivity contribution < 1.29 is 47.0 Å². The minimum atomic E-state index is -0.211. The van der Waals surface area contributed by atoms with Crippen molar-refractivity contribution in [1.82, 2.24) is 0 Å². The third-order valence-electron chi connectivity index (χ3n) is 12.8. The van der Waals surface area contributed by atoms with Gasteiger partial charge in [0, 0.05) is 58.7 Å². The van der Waals surface area contributed by atoms with E-state index in [1.165, 1.54) is 33.4 Å². The fourth-order valence-corrected chi connectivity index (χ4v) is 9.92. The van der Waals surface area contributed by atoms with E-state index in [1.54, 1.807) is 28.4 Å². The first kappa shape index (κ1) is 48.7. The van der Waals surface area contributed by atoms with Crippen molar-refractivity contribution in [2.24, 2.45) is 0 Å². The third-order valence-corrected chi connectivity index (χ3v) is 13.3. The van der Waals surface area contributed by atoms with E-state index in [0.29, 0.717) is 38.9 Å². The number of fused-ring (bicyclic) bond motifs is 2. The molecule has 0 amide bonds. The van der Waals surface area contributed by atoms with Gasteiger partial charge in [-0.2, -0.15) is 0 Å². The number of allylic oxidation sites excluding steroid dienone is 2. The van der Waals surface area contributed by atoms with Gasteiger partial charge in [-0.25, -0.2) is 0 Å². The van der Waals surface area contributed by atoms with Crippen molar-refractivity contribution in [3.8, 4) is 23.0 Å². The second kappa shape index (κ2) is 22.9. The van der Waals surface area contributed by atoms with Gasteiger partial charge < -0.3 is 37.4 Å². The lowest BCUT2D eigenvalue weighted by molar-refractivity contribution is -0.926.